The van der Waals surface area contributed by atoms with Crippen LogP contribution in [0.5, 0.6) is 0 Å². The van der Waals surface area contributed by atoms with Crippen molar-refractivity contribution in [3.63, 3.8) is 0 Å². The molecule has 0 atom stereocenters. The second-order valence-corrected chi connectivity index (χ2v) is 4.04. The molecule has 0 aromatic carbocycles. The van der Waals surface area contributed by atoms with Crippen LogP contribution < -0.4 is 5.32 Å². The molecule has 80 valence electrons. The van der Waals surface area contributed by atoms with Crippen LogP contribution in [0.25, 0.3) is 0 Å². The van der Waals surface area contributed by atoms with E-state index < -0.39 is 0 Å². The zero-order valence-electron chi connectivity index (χ0n) is 9.32. The fourth-order valence-corrected chi connectivity index (χ4v) is 1.25. The van der Waals surface area contributed by atoms with E-state index in [2.05, 4.69) is 29.4 Å². The molecule has 1 aromatic rings. The van der Waals surface area contributed by atoms with Gasteiger partial charge in [0.2, 0.25) is 0 Å². The monoisotopic (exact) mass is 196 g/mol. The van der Waals surface area contributed by atoms with Crippen molar-refractivity contribution in [2.45, 2.75) is 26.7 Å². The molecule has 0 aliphatic heterocycles. The summed E-state index contributed by atoms with van der Waals surface area (Å²) in [6.07, 6.45) is 3.93. The Balaban J connectivity index is 2.08. The van der Waals surface area contributed by atoms with Crippen LogP contribution in [-0.2, 0) is 13.5 Å². The minimum Gasteiger partial charge on any atom is -0.321 e. The fourth-order valence-electron chi connectivity index (χ4n) is 1.25. The van der Waals surface area contributed by atoms with Crippen LogP contribution >= 0.6 is 0 Å². The molecule has 1 rings (SSSR count). The molecule has 0 radical (unpaired) electrons. The molecular formula is C10H20N4. The third-order valence-electron chi connectivity index (χ3n) is 2.23. The van der Waals surface area contributed by atoms with Crippen LogP contribution in [0.4, 0.5) is 0 Å². The van der Waals surface area contributed by atoms with Gasteiger partial charge >= 0.3 is 0 Å². The molecule has 1 heterocycles. The zero-order chi connectivity index (χ0) is 10.4. The molecule has 0 aliphatic rings. The van der Waals surface area contributed by atoms with Crippen molar-refractivity contribution in [2.75, 3.05) is 13.1 Å². The first-order valence-electron chi connectivity index (χ1n) is 5.23. The summed E-state index contributed by atoms with van der Waals surface area (Å²) in [6, 6.07) is 0. The predicted octanol–water partition coefficient (Wildman–Crippen LogP) is 0.993. The average molecular weight is 196 g/mol. The number of rotatable bonds is 6. The molecular weight excluding hydrogens is 176 g/mol. The molecule has 1 N–H and O–H groups in total. The average Bonchev–Trinajstić information content (AvgIpc) is 2.51. The molecule has 0 spiro atoms. The van der Waals surface area contributed by atoms with Gasteiger partial charge in [-0.25, -0.2) is 0 Å². The summed E-state index contributed by atoms with van der Waals surface area (Å²) in [4.78, 5) is 0. The first-order chi connectivity index (χ1) is 6.70. The molecule has 0 fully saturated rings. The van der Waals surface area contributed by atoms with E-state index in [4.69, 9.17) is 0 Å². The van der Waals surface area contributed by atoms with E-state index in [9.17, 15) is 0 Å². The topological polar surface area (TPSA) is 42.7 Å². The molecule has 4 nitrogen and oxygen atoms in total. The highest BCUT2D eigenvalue weighted by atomic mass is 15.2. The standard InChI is InChI=1S/C10H20N4/c1-9(2)4-6-11-7-5-10-13-12-8-14(10)3/h8-9,11H,4-7H2,1-3H3. The SMILES string of the molecule is CC(C)CCNCCc1nncn1C. The van der Waals surface area contributed by atoms with Crippen LogP contribution in [0.3, 0.4) is 0 Å². The van der Waals surface area contributed by atoms with E-state index in [-0.39, 0.29) is 0 Å². The van der Waals surface area contributed by atoms with Gasteiger partial charge in [-0.3, -0.25) is 0 Å². The smallest absolute Gasteiger partial charge is 0.133 e. The molecule has 0 bridgehead atoms. The summed E-state index contributed by atoms with van der Waals surface area (Å²) in [5.41, 5.74) is 0. The van der Waals surface area contributed by atoms with E-state index in [1.165, 1.54) is 6.42 Å². The van der Waals surface area contributed by atoms with Crippen molar-refractivity contribution in [1.82, 2.24) is 20.1 Å². The number of aromatic nitrogens is 3. The highest BCUT2D eigenvalue weighted by Gasteiger charge is 1.99. The number of nitrogens with zero attached hydrogens (tertiary/aromatic N) is 3. The fraction of sp³-hybridized carbons (Fsp3) is 0.800. The van der Waals surface area contributed by atoms with Gasteiger partial charge in [0.15, 0.2) is 0 Å². The second-order valence-electron chi connectivity index (χ2n) is 4.04. The van der Waals surface area contributed by atoms with Crippen molar-refractivity contribution in [3.8, 4) is 0 Å². The molecule has 14 heavy (non-hydrogen) atoms. The normalized spacial score (nSPS) is 11.1. The Morgan fingerprint density at radius 3 is 2.79 bits per heavy atom. The highest BCUT2D eigenvalue weighted by molar-refractivity contribution is 4.84. The Hall–Kier alpha value is -0.900. The van der Waals surface area contributed by atoms with Gasteiger partial charge in [-0.1, -0.05) is 13.8 Å². The van der Waals surface area contributed by atoms with E-state index in [1.807, 2.05) is 11.6 Å². The van der Waals surface area contributed by atoms with Crippen molar-refractivity contribution in [1.29, 1.82) is 0 Å². The van der Waals surface area contributed by atoms with Crippen LogP contribution in [-0.4, -0.2) is 27.9 Å². The summed E-state index contributed by atoms with van der Waals surface area (Å²) in [7, 11) is 1.98. The number of hydrogen-bond donors (Lipinski definition) is 1. The molecule has 0 amide bonds. The number of hydrogen-bond acceptors (Lipinski definition) is 3. The van der Waals surface area contributed by atoms with Crippen LogP contribution in [0, 0.1) is 5.92 Å². The molecule has 0 saturated heterocycles. The molecule has 4 heteroatoms. The zero-order valence-corrected chi connectivity index (χ0v) is 9.32. The van der Waals surface area contributed by atoms with E-state index in [1.54, 1.807) is 6.33 Å². The lowest BCUT2D eigenvalue weighted by Crippen LogP contribution is -2.20. The minimum atomic E-state index is 0.775. The van der Waals surface area contributed by atoms with E-state index >= 15 is 0 Å². The van der Waals surface area contributed by atoms with Crippen LogP contribution in [0.2, 0.25) is 0 Å². The van der Waals surface area contributed by atoms with Crippen LogP contribution in [0.1, 0.15) is 26.1 Å². The largest absolute Gasteiger partial charge is 0.321 e. The first kappa shape index (κ1) is 11.2. The third-order valence-corrected chi connectivity index (χ3v) is 2.23. The molecule has 1 aromatic heterocycles. The number of aryl methyl sites for hydroxylation is 1. The van der Waals surface area contributed by atoms with Crippen LogP contribution in [0.15, 0.2) is 6.33 Å². The van der Waals surface area contributed by atoms with Gasteiger partial charge in [-0.05, 0) is 18.9 Å². The van der Waals surface area contributed by atoms with Crippen molar-refractivity contribution in [3.05, 3.63) is 12.2 Å². The van der Waals surface area contributed by atoms with Gasteiger partial charge in [-0.2, -0.15) is 0 Å². The minimum absolute atomic E-state index is 0.775. The molecule has 0 aliphatic carbocycles. The quantitative estimate of drug-likeness (QED) is 0.690. The Morgan fingerprint density at radius 1 is 1.43 bits per heavy atom. The van der Waals surface area contributed by atoms with Crippen molar-refractivity contribution >= 4 is 0 Å². The Bertz CT molecular complexity index is 254. The maximum absolute atomic E-state index is 4.02. The lowest BCUT2D eigenvalue weighted by molar-refractivity contribution is 0.535. The van der Waals surface area contributed by atoms with Gasteiger partial charge < -0.3 is 9.88 Å². The van der Waals surface area contributed by atoms with E-state index in [0.717, 1.165) is 31.3 Å². The van der Waals surface area contributed by atoms with Gasteiger partial charge in [-0.15, -0.1) is 10.2 Å². The van der Waals surface area contributed by atoms with Crippen molar-refractivity contribution in [2.24, 2.45) is 13.0 Å². The lowest BCUT2D eigenvalue weighted by atomic mass is 10.1. The van der Waals surface area contributed by atoms with Gasteiger partial charge in [0, 0.05) is 20.0 Å². The summed E-state index contributed by atoms with van der Waals surface area (Å²) < 4.78 is 1.96. The Labute approximate surface area is 85.7 Å². The maximum atomic E-state index is 4.02. The van der Waals surface area contributed by atoms with E-state index in [0.29, 0.717) is 0 Å². The first-order valence-corrected chi connectivity index (χ1v) is 5.23. The summed E-state index contributed by atoms with van der Waals surface area (Å²) in [5, 5.41) is 11.3. The van der Waals surface area contributed by atoms with Gasteiger partial charge in [0.25, 0.3) is 0 Å². The lowest BCUT2D eigenvalue weighted by Gasteiger charge is -2.06. The van der Waals surface area contributed by atoms with Gasteiger partial charge in [0.1, 0.15) is 12.2 Å². The molecule has 0 unspecified atom stereocenters. The summed E-state index contributed by atoms with van der Waals surface area (Å²) in [6.45, 7) is 6.56. The Morgan fingerprint density at radius 2 is 2.21 bits per heavy atom. The summed E-state index contributed by atoms with van der Waals surface area (Å²) >= 11 is 0. The highest BCUT2D eigenvalue weighted by Crippen LogP contribution is 1.96. The predicted molar refractivity (Wildman–Crippen MR) is 57.0 cm³/mol. The Kier molecular flexibility index (Phi) is 4.59. The number of nitrogens with one attached hydrogen (secondary N) is 1. The van der Waals surface area contributed by atoms with Crippen molar-refractivity contribution < 1.29 is 0 Å². The molecule has 0 saturated carbocycles. The van der Waals surface area contributed by atoms with Gasteiger partial charge in [0.05, 0.1) is 0 Å². The maximum Gasteiger partial charge on any atom is 0.133 e. The second kappa shape index (κ2) is 5.75. The summed E-state index contributed by atoms with van der Waals surface area (Å²) in [5.74, 6) is 1.82. The third kappa shape index (κ3) is 3.87.